The third-order valence-corrected chi connectivity index (χ3v) is 6.12. The first-order valence-electron chi connectivity index (χ1n) is 10.0. The van der Waals surface area contributed by atoms with Gasteiger partial charge in [-0.15, -0.1) is 11.8 Å². The maximum atomic E-state index is 15.1. The van der Waals surface area contributed by atoms with Crippen LogP contribution in [-0.4, -0.2) is 35.6 Å². The van der Waals surface area contributed by atoms with E-state index in [1.807, 2.05) is 36.6 Å². The Kier molecular flexibility index (Phi) is 6.32. The molecule has 4 rings (SSSR count). The third-order valence-electron chi connectivity index (χ3n) is 5.32. The number of benzene rings is 2. The van der Waals surface area contributed by atoms with E-state index in [1.165, 1.54) is 17.2 Å². The van der Waals surface area contributed by atoms with Crippen LogP contribution in [0, 0.1) is 5.82 Å². The fourth-order valence-corrected chi connectivity index (χ4v) is 4.38. The minimum atomic E-state index is -0.697. The lowest BCUT2D eigenvalue weighted by Gasteiger charge is -2.33. The molecule has 0 spiro atoms. The average Bonchev–Trinajstić information content (AvgIpc) is 2.81. The van der Waals surface area contributed by atoms with E-state index in [-0.39, 0.29) is 17.5 Å². The normalized spacial score (nSPS) is 16.3. The maximum absolute atomic E-state index is 15.1. The van der Waals surface area contributed by atoms with Crippen molar-refractivity contribution in [2.24, 2.45) is 0 Å². The van der Waals surface area contributed by atoms with Crippen LogP contribution in [-0.2, 0) is 4.79 Å². The number of rotatable bonds is 5. The molecule has 1 unspecified atom stereocenters. The zero-order valence-electron chi connectivity index (χ0n) is 17.0. The molecule has 2 amide bonds. The number of anilines is 1. The number of nitrogens with one attached hydrogen (secondary N) is 1. The van der Waals surface area contributed by atoms with E-state index in [0.29, 0.717) is 24.9 Å². The molecule has 3 aromatic rings. The molecule has 1 fully saturated rings. The van der Waals surface area contributed by atoms with Crippen LogP contribution in [0.2, 0.25) is 0 Å². The van der Waals surface area contributed by atoms with E-state index in [4.69, 9.17) is 0 Å². The number of piperidine rings is 1. The van der Waals surface area contributed by atoms with Gasteiger partial charge >= 0.3 is 0 Å². The number of aromatic nitrogens is 1. The lowest BCUT2D eigenvalue weighted by atomic mass is 10.0. The van der Waals surface area contributed by atoms with Crippen molar-refractivity contribution in [3.8, 4) is 11.1 Å². The summed E-state index contributed by atoms with van der Waals surface area (Å²) in [7, 11) is 0. The van der Waals surface area contributed by atoms with E-state index in [1.54, 1.807) is 36.2 Å². The highest BCUT2D eigenvalue weighted by Crippen LogP contribution is 2.33. The van der Waals surface area contributed by atoms with Crippen molar-refractivity contribution in [3.63, 3.8) is 0 Å². The molecule has 7 heteroatoms. The van der Waals surface area contributed by atoms with Crippen LogP contribution in [0.1, 0.15) is 23.2 Å². The van der Waals surface area contributed by atoms with Crippen molar-refractivity contribution < 1.29 is 14.0 Å². The summed E-state index contributed by atoms with van der Waals surface area (Å²) in [5.41, 5.74) is 2.33. The first kappa shape index (κ1) is 21.1. The quantitative estimate of drug-likeness (QED) is 0.598. The second-order valence-corrected chi connectivity index (χ2v) is 8.11. The summed E-state index contributed by atoms with van der Waals surface area (Å²) in [6, 6.07) is 15.4. The van der Waals surface area contributed by atoms with Gasteiger partial charge in [-0.25, -0.2) is 4.39 Å². The van der Waals surface area contributed by atoms with E-state index in [2.05, 4.69) is 10.3 Å². The van der Waals surface area contributed by atoms with Gasteiger partial charge in [0.05, 0.1) is 11.3 Å². The van der Waals surface area contributed by atoms with Crippen LogP contribution < -0.4 is 10.2 Å². The molecule has 1 atom stereocenters. The molecule has 2 aromatic carbocycles. The van der Waals surface area contributed by atoms with Crippen molar-refractivity contribution in [2.45, 2.75) is 23.8 Å². The van der Waals surface area contributed by atoms with Gasteiger partial charge in [-0.3, -0.25) is 14.6 Å². The fourth-order valence-electron chi connectivity index (χ4n) is 3.76. The van der Waals surface area contributed by atoms with Crippen molar-refractivity contribution in [2.75, 3.05) is 17.7 Å². The second-order valence-electron chi connectivity index (χ2n) is 7.27. The number of pyridine rings is 1. The smallest absolute Gasteiger partial charge is 0.253 e. The standard InChI is InChI=1S/C24H22FN3O2S/c1-31-22-9-3-2-7-18(22)16-10-11-21(19(25)14-16)28-13-5-8-20(24(28)30)27-23(29)17-6-4-12-26-15-17/h2-4,6-7,9-12,14-15,20H,5,8,13H2,1H3,(H,27,29). The van der Waals surface area contributed by atoms with Crippen molar-refractivity contribution >= 4 is 29.3 Å². The van der Waals surface area contributed by atoms with Crippen LogP contribution in [0.5, 0.6) is 0 Å². The highest BCUT2D eigenvalue weighted by atomic mass is 32.2. The predicted molar refractivity (Wildman–Crippen MR) is 121 cm³/mol. The van der Waals surface area contributed by atoms with Gasteiger partial charge in [-0.05, 0) is 60.6 Å². The molecule has 1 aliphatic heterocycles. The third kappa shape index (κ3) is 4.46. The molecule has 1 aromatic heterocycles. The topological polar surface area (TPSA) is 62.3 Å². The van der Waals surface area contributed by atoms with E-state index in [0.717, 1.165) is 16.0 Å². The Morgan fingerprint density at radius 2 is 2.03 bits per heavy atom. The molecule has 1 N–H and O–H groups in total. The number of halogens is 1. The number of amides is 2. The van der Waals surface area contributed by atoms with Crippen LogP contribution in [0.4, 0.5) is 10.1 Å². The zero-order chi connectivity index (χ0) is 21.8. The molecular weight excluding hydrogens is 413 g/mol. The van der Waals surface area contributed by atoms with Gasteiger partial charge in [0.1, 0.15) is 11.9 Å². The number of hydrogen-bond acceptors (Lipinski definition) is 4. The summed E-state index contributed by atoms with van der Waals surface area (Å²) in [4.78, 5) is 31.9. The van der Waals surface area contributed by atoms with Gasteiger partial charge in [0.25, 0.3) is 5.91 Å². The van der Waals surface area contributed by atoms with Gasteiger partial charge in [0.15, 0.2) is 0 Å². The molecule has 2 heterocycles. The molecular formula is C24H22FN3O2S. The number of carbonyl (C=O) groups excluding carboxylic acids is 2. The Morgan fingerprint density at radius 1 is 1.19 bits per heavy atom. The number of carbonyl (C=O) groups is 2. The lowest BCUT2D eigenvalue weighted by Crippen LogP contribution is -2.52. The predicted octanol–water partition coefficient (Wildman–Crippen LogP) is 4.54. The van der Waals surface area contributed by atoms with E-state index < -0.39 is 11.9 Å². The molecule has 158 valence electrons. The average molecular weight is 436 g/mol. The first-order valence-corrected chi connectivity index (χ1v) is 11.3. The SMILES string of the molecule is CSc1ccccc1-c1ccc(N2CCCC(NC(=O)c3cccnc3)C2=O)c(F)c1. The number of thioether (sulfide) groups is 1. The molecule has 1 aliphatic rings. The van der Waals surface area contributed by atoms with Crippen LogP contribution in [0.3, 0.4) is 0 Å². The summed E-state index contributed by atoms with van der Waals surface area (Å²) in [6.45, 7) is 0.412. The largest absolute Gasteiger partial charge is 0.340 e. The molecule has 0 aliphatic carbocycles. The van der Waals surface area contributed by atoms with E-state index in [9.17, 15) is 9.59 Å². The van der Waals surface area contributed by atoms with Crippen LogP contribution in [0.15, 0.2) is 71.9 Å². The summed E-state index contributed by atoms with van der Waals surface area (Å²) in [5, 5.41) is 2.76. The Balaban J connectivity index is 1.55. The molecule has 0 saturated carbocycles. The Morgan fingerprint density at radius 3 is 2.77 bits per heavy atom. The van der Waals surface area contributed by atoms with E-state index >= 15 is 4.39 Å². The molecule has 1 saturated heterocycles. The molecule has 0 radical (unpaired) electrons. The summed E-state index contributed by atoms with van der Waals surface area (Å²) in [6.07, 6.45) is 6.19. The molecule has 0 bridgehead atoms. The highest BCUT2D eigenvalue weighted by molar-refractivity contribution is 7.98. The van der Waals surface area contributed by atoms with Crippen molar-refractivity contribution in [3.05, 3.63) is 78.4 Å². The maximum Gasteiger partial charge on any atom is 0.253 e. The van der Waals surface area contributed by atoms with Gasteiger partial charge < -0.3 is 10.2 Å². The van der Waals surface area contributed by atoms with Gasteiger partial charge in [-0.2, -0.15) is 0 Å². The van der Waals surface area contributed by atoms with Crippen LogP contribution in [0.25, 0.3) is 11.1 Å². The Hall–Kier alpha value is -3.19. The Labute approximate surface area is 184 Å². The minimum absolute atomic E-state index is 0.232. The number of nitrogens with zero attached hydrogens (tertiary/aromatic N) is 2. The van der Waals surface area contributed by atoms with Gasteiger partial charge in [0.2, 0.25) is 5.91 Å². The summed E-state index contributed by atoms with van der Waals surface area (Å²) < 4.78 is 15.1. The molecule has 5 nitrogen and oxygen atoms in total. The first-order chi connectivity index (χ1) is 15.1. The molecule has 31 heavy (non-hydrogen) atoms. The summed E-state index contributed by atoms with van der Waals surface area (Å²) in [5.74, 6) is -1.13. The summed E-state index contributed by atoms with van der Waals surface area (Å²) >= 11 is 1.60. The monoisotopic (exact) mass is 435 g/mol. The van der Waals surface area contributed by atoms with Gasteiger partial charge in [-0.1, -0.05) is 24.3 Å². The second kappa shape index (κ2) is 9.31. The van der Waals surface area contributed by atoms with Gasteiger partial charge in [0, 0.05) is 23.8 Å². The highest BCUT2D eigenvalue weighted by Gasteiger charge is 2.32. The van der Waals surface area contributed by atoms with Crippen molar-refractivity contribution in [1.29, 1.82) is 0 Å². The van der Waals surface area contributed by atoms with Crippen molar-refractivity contribution in [1.82, 2.24) is 10.3 Å². The Bertz CT molecular complexity index is 1110. The number of hydrogen-bond donors (Lipinski definition) is 1. The zero-order valence-corrected chi connectivity index (χ0v) is 17.9. The van der Waals surface area contributed by atoms with Crippen LogP contribution >= 0.6 is 11.8 Å². The lowest BCUT2D eigenvalue weighted by molar-refractivity contribution is -0.121. The fraction of sp³-hybridized carbons (Fsp3) is 0.208. The minimum Gasteiger partial charge on any atom is -0.340 e.